The number of nitrogens with zero attached hydrogens (tertiary/aromatic N) is 3. The van der Waals surface area contributed by atoms with E-state index >= 15 is 0 Å². The highest BCUT2D eigenvalue weighted by Crippen LogP contribution is 2.30. The zero-order valence-corrected chi connectivity index (χ0v) is 20.9. The second-order valence-electron chi connectivity index (χ2n) is 10.2. The zero-order chi connectivity index (χ0) is 25.1. The molecule has 0 radical (unpaired) electrons. The van der Waals surface area contributed by atoms with Crippen molar-refractivity contribution in [2.45, 2.75) is 58.0 Å². The van der Waals surface area contributed by atoms with Crippen LogP contribution in [0.15, 0.2) is 24.3 Å². The van der Waals surface area contributed by atoms with Crippen LogP contribution in [0.4, 0.5) is 10.1 Å². The van der Waals surface area contributed by atoms with Gasteiger partial charge in [0.2, 0.25) is 5.91 Å². The lowest BCUT2D eigenvalue weighted by Crippen LogP contribution is -2.52. The van der Waals surface area contributed by atoms with Crippen LogP contribution in [0.25, 0.3) is 0 Å². The highest BCUT2D eigenvalue weighted by molar-refractivity contribution is 5.99. The second kappa shape index (κ2) is 11.0. The number of alkyl halides is 1. The highest BCUT2D eigenvalue weighted by atomic mass is 19.1. The number of hydrogen-bond donors (Lipinski definition) is 1. The van der Waals surface area contributed by atoms with E-state index in [0.717, 1.165) is 44.8 Å². The van der Waals surface area contributed by atoms with Gasteiger partial charge in [0.1, 0.15) is 31.0 Å². The molecular weight excluding hydrogens is 451 g/mol. The summed E-state index contributed by atoms with van der Waals surface area (Å²) in [5.41, 5.74) is 1.53. The maximum atomic E-state index is 14.4. The Balaban J connectivity index is 1.40. The van der Waals surface area contributed by atoms with Crippen molar-refractivity contribution in [3.63, 3.8) is 0 Å². The fourth-order valence-corrected chi connectivity index (χ4v) is 5.33. The molecule has 4 atom stereocenters. The number of halogens is 1. The summed E-state index contributed by atoms with van der Waals surface area (Å²) >= 11 is 0. The Labute approximate surface area is 206 Å². The van der Waals surface area contributed by atoms with E-state index in [1.165, 1.54) is 4.90 Å². The number of benzene rings is 1. The molecule has 9 heteroatoms. The highest BCUT2D eigenvalue weighted by Gasteiger charge is 2.53. The number of anilines is 1. The number of fused-ring (bicyclic) bond motifs is 1. The van der Waals surface area contributed by atoms with Crippen molar-refractivity contribution < 1.29 is 23.5 Å². The number of likely N-dealkylation sites (tertiary alicyclic amines) is 1. The van der Waals surface area contributed by atoms with Gasteiger partial charge in [-0.2, -0.15) is 0 Å². The first-order chi connectivity index (χ1) is 16.8. The average Bonchev–Trinajstić information content (AvgIpc) is 3.39. The second-order valence-corrected chi connectivity index (χ2v) is 10.2. The Morgan fingerprint density at radius 3 is 2.46 bits per heavy atom. The Kier molecular flexibility index (Phi) is 8.06. The molecule has 4 rings (SSSR count). The molecule has 0 aromatic heterocycles. The Morgan fingerprint density at radius 1 is 1.14 bits per heavy atom. The lowest BCUT2D eigenvalue weighted by Gasteiger charge is -2.36. The van der Waals surface area contributed by atoms with Gasteiger partial charge in [-0.05, 0) is 49.6 Å². The van der Waals surface area contributed by atoms with Crippen molar-refractivity contribution in [1.82, 2.24) is 15.1 Å². The van der Waals surface area contributed by atoms with E-state index in [4.69, 9.17) is 4.74 Å². The van der Waals surface area contributed by atoms with Crippen molar-refractivity contribution in [2.24, 2.45) is 5.92 Å². The Hall–Kier alpha value is -2.52. The minimum absolute atomic E-state index is 0.119. The molecule has 2 amide bonds. The number of piperazine rings is 1. The van der Waals surface area contributed by atoms with Crippen molar-refractivity contribution in [3.8, 4) is 0 Å². The van der Waals surface area contributed by atoms with Crippen LogP contribution in [0, 0.1) is 5.92 Å². The Bertz CT molecular complexity index is 916. The molecule has 0 unspecified atom stereocenters. The number of carbonyl (C=O) groups is 3. The Morgan fingerprint density at radius 2 is 1.83 bits per heavy atom. The van der Waals surface area contributed by atoms with Crippen LogP contribution in [0.1, 0.15) is 44.0 Å². The number of amides is 2. The van der Waals surface area contributed by atoms with E-state index < -0.39 is 30.3 Å². The summed E-state index contributed by atoms with van der Waals surface area (Å²) in [4.78, 5) is 44.7. The van der Waals surface area contributed by atoms with Crippen LogP contribution in [0.2, 0.25) is 0 Å². The van der Waals surface area contributed by atoms with Crippen LogP contribution in [0.5, 0.6) is 0 Å². The van der Waals surface area contributed by atoms with Gasteiger partial charge in [-0.25, -0.2) is 4.39 Å². The molecule has 1 aromatic carbocycles. The van der Waals surface area contributed by atoms with Crippen LogP contribution in [0.3, 0.4) is 0 Å². The average molecular weight is 489 g/mol. The van der Waals surface area contributed by atoms with Crippen LogP contribution in [-0.4, -0.2) is 97.6 Å². The summed E-state index contributed by atoms with van der Waals surface area (Å²) in [7, 11) is 0. The summed E-state index contributed by atoms with van der Waals surface area (Å²) < 4.78 is 19.7. The largest absolute Gasteiger partial charge is 0.369 e. The third-order valence-electron chi connectivity index (χ3n) is 7.12. The van der Waals surface area contributed by atoms with Crippen molar-refractivity contribution in [2.75, 3.05) is 50.8 Å². The first-order valence-corrected chi connectivity index (χ1v) is 12.8. The van der Waals surface area contributed by atoms with Crippen molar-refractivity contribution in [3.05, 3.63) is 29.8 Å². The van der Waals surface area contributed by atoms with E-state index in [1.54, 1.807) is 12.1 Å². The lowest BCUT2D eigenvalue weighted by atomic mass is 10.0. The SMILES string of the molecule is CCCN1CCN(c2ccc(C(=O)N[C@@H](CC(C)C)C(=O)N3C[C@H](F)[C@H]4OCC(=O)[C@H]43)cc2)CC1. The topological polar surface area (TPSA) is 82.2 Å². The molecule has 3 heterocycles. The smallest absolute Gasteiger partial charge is 0.251 e. The maximum absolute atomic E-state index is 14.4. The van der Waals surface area contributed by atoms with Gasteiger partial charge in [-0.15, -0.1) is 0 Å². The van der Waals surface area contributed by atoms with Gasteiger partial charge in [-0.1, -0.05) is 20.8 Å². The minimum atomic E-state index is -1.40. The number of Topliss-reactive ketones (excluding diaryl/α,β-unsaturated/α-hetero) is 1. The normalized spacial score (nSPS) is 25.7. The molecule has 1 aromatic rings. The van der Waals surface area contributed by atoms with E-state index in [2.05, 4.69) is 22.0 Å². The predicted molar refractivity (Wildman–Crippen MR) is 131 cm³/mol. The predicted octanol–water partition coefficient (Wildman–Crippen LogP) is 1.88. The van der Waals surface area contributed by atoms with E-state index in [0.29, 0.717) is 12.0 Å². The molecule has 192 valence electrons. The van der Waals surface area contributed by atoms with Crippen molar-refractivity contribution >= 4 is 23.3 Å². The van der Waals surface area contributed by atoms with Crippen LogP contribution < -0.4 is 10.2 Å². The molecule has 3 aliphatic rings. The fourth-order valence-electron chi connectivity index (χ4n) is 5.33. The molecule has 3 fully saturated rings. The monoisotopic (exact) mass is 488 g/mol. The van der Waals surface area contributed by atoms with E-state index in [1.807, 2.05) is 26.0 Å². The van der Waals surface area contributed by atoms with Gasteiger partial charge in [0.15, 0.2) is 5.78 Å². The van der Waals surface area contributed by atoms with E-state index in [-0.39, 0.29) is 30.8 Å². The van der Waals surface area contributed by atoms with Gasteiger partial charge in [-0.3, -0.25) is 19.3 Å². The fraction of sp³-hybridized carbons (Fsp3) is 0.654. The molecule has 8 nitrogen and oxygen atoms in total. The third-order valence-corrected chi connectivity index (χ3v) is 7.12. The van der Waals surface area contributed by atoms with Crippen LogP contribution >= 0.6 is 0 Å². The summed E-state index contributed by atoms with van der Waals surface area (Å²) in [6.45, 7) is 10.8. The van der Waals surface area contributed by atoms with E-state index in [9.17, 15) is 18.8 Å². The molecule has 0 spiro atoms. The minimum Gasteiger partial charge on any atom is -0.369 e. The van der Waals surface area contributed by atoms with Gasteiger partial charge >= 0.3 is 0 Å². The van der Waals surface area contributed by atoms with Gasteiger partial charge in [0.05, 0.1) is 6.54 Å². The number of ketones is 1. The van der Waals surface area contributed by atoms with Crippen LogP contribution in [-0.2, 0) is 14.3 Å². The standard InChI is InChI=1S/C26H37FN4O4/c1-4-9-29-10-12-30(13-11-29)19-7-5-18(6-8-19)25(33)28-21(14-17(2)3)26(34)31-15-20(27)24-23(31)22(32)16-35-24/h5-8,17,20-21,23-24H,4,9-16H2,1-3H3,(H,28,33)/t20-,21-,23+,24+/m0/s1. The summed E-state index contributed by atoms with van der Waals surface area (Å²) in [6.07, 6.45) is -0.757. The number of hydrogen-bond acceptors (Lipinski definition) is 6. The molecule has 0 saturated carbocycles. The van der Waals surface area contributed by atoms with Gasteiger partial charge < -0.3 is 19.9 Å². The van der Waals surface area contributed by atoms with Crippen molar-refractivity contribution in [1.29, 1.82) is 0 Å². The molecule has 3 aliphatic heterocycles. The molecule has 35 heavy (non-hydrogen) atoms. The number of rotatable bonds is 8. The zero-order valence-electron chi connectivity index (χ0n) is 20.9. The molecule has 1 N–H and O–H groups in total. The number of carbonyl (C=O) groups excluding carboxylic acids is 3. The lowest BCUT2D eigenvalue weighted by molar-refractivity contribution is -0.138. The third kappa shape index (κ3) is 5.67. The quantitative estimate of drug-likeness (QED) is 0.602. The first-order valence-electron chi connectivity index (χ1n) is 12.8. The summed E-state index contributed by atoms with van der Waals surface area (Å²) in [5.74, 6) is -0.954. The van der Waals surface area contributed by atoms with Gasteiger partial charge in [0, 0.05) is 37.4 Å². The molecule has 3 saturated heterocycles. The molecule has 0 aliphatic carbocycles. The first kappa shape index (κ1) is 25.6. The molecular formula is C26H37FN4O4. The number of ether oxygens (including phenoxy) is 1. The van der Waals surface area contributed by atoms with Gasteiger partial charge in [0.25, 0.3) is 5.91 Å². The number of nitrogens with one attached hydrogen (secondary N) is 1. The summed E-state index contributed by atoms with van der Waals surface area (Å²) in [5, 5.41) is 2.84. The summed E-state index contributed by atoms with van der Waals surface area (Å²) in [6, 6.07) is 5.69. The molecule has 0 bridgehead atoms. The maximum Gasteiger partial charge on any atom is 0.251 e.